The molecule has 0 saturated carbocycles. The molecule has 2 N–H and O–H groups in total. The molecule has 0 aromatic heterocycles. The van der Waals surface area contributed by atoms with Gasteiger partial charge in [-0.1, -0.05) is 0 Å². The van der Waals surface area contributed by atoms with Gasteiger partial charge in [0.15, 0.2) is 6.61 Å². The van der Waals surface area contributed by atoms with Gasteiger partial charge >= 0.3 is 11.9 Å². The smallest absolute Gasteiger partial charge is 0.341 e. The number of carbonyl (C=O) groups is 2. The summed E-state index contributed by atoms with van der Waals surface area (Å²) in [7, 11) is -2.73. The number of carboxylic acid groups (broad SMARTS) is 1. The van der Waals surface area contributed by atoms with Gasteiger partial charge in [0.1, 0.15) is 11.8 Å². The van der Waals surface area contributed by atoms with Crippen molar-refractivity contribution in [2.24, 2.45) is 0 Å². The Morgan fingerprint density at radius 3 is 2.33 bits per heavy atom. The molecule has 0 spiro atoms. The van der Waals surface area contributed by atoms with Gasteiger partial charge in [-0.2, -0.15) is 4.72 Å². The summed E-state index contributed by atoms with van der Waals surface area (Å²) >= 11 is 0. The average Bonchev–Trinajstić information content (AvgIpc) is 2.44. The molecule has 0 amide bonds. The van der Waals surface area contributed by atoms with E-state index < -0.39 is 34.6 Å². The third-order valence-corrected chi connectivity index (χ3v) is 3.94. The number of hydrogen-bond acceptors (Lipinski definition) is 6. The molecule has 0 fully saturated rings. The van der Waals surface area contributed by atoms with Crippen LogP contribution in [0.2, 0.25) is 0 Å². The van der Waals surface area contributed by atoms with Crippen molar-refractivity contribution in [3.05, 3.63) is 24.3 Å². The third kappa shape index (κ3) is 5.04. The second-order valence-corrected chi connectivity index (χ2v) is 5.73. The number of sulfonamides is 1. The highest BCUT2D eigenvalue weighted by atomic mass is 32.2. The van der Waals surface area contributed by atoms with Crippen LogP contribution in [0.1, 0.15) is 6.92 Å². The van der Waals surface area contributed by atoms with Gasteiger partial charge in [-0.05, 0) is 31.2 Å². The molecule has 1 rings (SSSR count). The molecular formula is C12H15NO7S. The summed E-state index contributed by atoms with van der Waals surface area (Å²) in [6.07, 6.45) is 0. The van der Waals surface area contributed by atoms with E-state index in [0.29, 0.717) is 0 Å². The molecule has 116 valence electrons. The number of methoxy groups -OCH3 is 1. The fourth-order valence-electron chi connectivity index (χ4n) is 1.39. The molecule has 1 atom stereocenters. The molecule has 1 aromatic rings. The normalized spacial score (nSPS) is 12.5. The predicted molar refractivity (Wildman–Crippen MR) is 71.4 cm³/mol. The van der Waals surface area contributed by atoms with Crippen LogP contribution >= 0.6 is 0 Å². The van der Waals surface area contributed by atoms with Gasteiger partial charge in [0.25, 0.3) is 0 Å². The minimum atomic E-state index is -3.89. The number of nitrogens with one attached hydrogen (secondary N) is 1. The van der Waals surface area contributed by atoms with E-state index in [1.807, 2.05) is 0 Å². The van der Waals surface area contributed by atoms with E-state index in [1.54, 1.807) is 0 Å². The van der Waals surface area contributed by atoms with Crippen molar-refractivity contribution in [1.29, 1.82) is 0 Å². The highest BCUT2D eigenvalue weighted by molar-refractivity contribution is 7.89. The topological polar surface area (TPSA) is 119 Å². The van der Waals surface area contributed by atoms with Crippen LogP contribution in [0.4, 0.5) is 0 Å². The minimum Gasteiger partial charge on any atom is -0.482 e. The summed E-state index contributed by atoms with van der Waals surface area (Å²) in [5, 5.41) is 8.46. The Kier molecular flexibility index (Phi) is 5.68. The zero-order valence-electron chi connectivity index (χ0n) is 11.4. The lowest BCUT2D eigenvalue weighted by Crippen LogP contribution is -2.39. The SMILES string of the molecule is COC(=O)[C@H](C)NS(=O)(=O)c1ccc(OCC(=O)O)cc1. The number of carbonyl (C=O) groups excluding carboxylic acids is 1. The summed E-state index contributed by atoms with van der Waals surface area (Å²) in [5.41, 5.74) is 0. The molecule has 0 aliphatic heterocycles. The zero-order valence-corrected chi connectivity index (χ0v) is 12.2. The predicted octanol–water partition coefficient (Wildman–Crippen LogP) is -0.0102. The fraction of sp³-hybridized carbons (Fsp3) is 0.333. The van der Waals surface area contributed by atoms with Crippen molar-refractivity contribution in [1.82, 2.24) is 4.72 Å². The number of ether oxygens (including phenoxy) is 2. The van der Waals surface area contributed by atoms with E-state index in [-0.39, 0.29) is 10.6 Å². The number of esters is 1. The van der Waals surface area contributed by atoms with Crippen molar-refractivity contribution in [2.45, 2.75) is 17.9 Å². The number of carboxylic acids is 1. The van der Waals surface area contributed by atoms with Crippen LogP contribution in [0.3, 0.4) is 0 Å². The molecule has 0 radical (unpaired) electrons. The first-order valence-electron chi connectivity index (χ1n) is 5.81. The fourth-order valence-corrected chi connectivity index (χ4v) is 2.58. The van der Waals surface area contributed by atoms with Crippen molar-refractivity contribution < 1.29 is 32.6 Å². The quantitative estimate of drug-likeness (QED) is 0.679. The van der Waals surface area contributed by atoms with Crippen molar-refractivity contribution in [3.8, 4) is 5.75 Å². The highest BCUT2D eigenvalue weighted by Crippen LogP contribution is 2.16. The van der Waals surface area contributed by atoms with Gasteiger partial charge in [0.2, 0.25) is 10.0 Å². The molecule has 0 aliphatic rings. The van der Waals surface area contributed by atoms with Crippen LogP contribution in [-0.2, 0) is 24.3 Å². The van der Waals surface area contributed by atoms with Crippen LogP contribution in [0.25, 0.3) is 0 Å². The van der Waals surface area contributed by atoms with E-state index in [9.17, 15) is 18.0 Å². The van der Waals surface area contributed by atoms with Crippen LogP contribution in [0.15, 0.2) is 29.2 Å². The van der Waals surface area contributed by atoms with Gasteiger partial charge in [-0.3, -0.25) is 4.79 Å². The van der Waals surface area contributed by atoms with Crippen molar-refractivity contribution in [2.75, 3.05) is 13.7 Å². The Morgan fingerprint density at radius 2 is 1.86 bits per heavy atom. The number of rotatable bonds is 7. The number of benzene rings is 1. The summed E-state index contributed by atoms with van der Waals surface area (Å²) in [4.78, 5) is 21.5. The van der Waals surface area contributed by atoms with Crippen molar-refractivity contribution in [3.63, 3.8) is 0 Å². The summed E-state index contributed by atoms with van der Waals surface area (Å²) in [6.45, 7) is 0.831. The van der Waals surface area contributed by atoms with Gasteiger partial charge in [-0.25, -0.2) is 13.2 Å². The van der Waals surface area contributed by atoms with Gasteiger partial charge in [0.05, 0.1) is 12.0 Å². The Bertz CT molecular complexity index is 609. The molecule has 1 aromatic carbocycles. The molecular weight excluding hydrogens is 302 g/mol. The monoisotopic (exact) mass is 317 g/mol. The zero-order chi connectivity index (χ0) is 16.0. The molecule has 0 heterocycles. The maximum atomic E-state index is 12.0. The van der Waals surface area contributed by atoms with Crippen molar-refractivity contribution >= 4 is 22.0 Å². The number of aliphatic carboxylic acids is 1. The largest absolute Gasteiger partial charge is 0.482 e. The van der Waals surface area contributed by atoms with E-state index in [0.717, 1.165) is 7.11 Å². The van der Waals surface area contributed by atoms with Crippen LogP contribution in [0.5, 0.6) is 5.75 Å². The molecule has 8 nitrogen and oxygen atoms in total. The molecule has 0 bridgehead atoms. The van der Waals surface area contributed by atoms with Crippen LogP contribution in [-0.4, -0.2) is 45.2 Å². The summed E-state index contributed by atoms with van der Waals surface area (Å²) < 4.78 is 35.4. The Labute approximate surface area is 121 Å². The van der Waals surface area contributed by atoms with Crippen LogP contribution < -0.4 is 9.46 Å². The summed E-state index contributed by atoms with van der Waals surface area (Å²) in [6, 6.07) is 4.09. The van der Waals surface area contributed by atoms with Crippen LogP contribution in [0, 0.1) is 0 Å². The maximum Gasteiger partial charge on any atom is 0.341 e. The lowest BCUT2D eigenvalue weighted by molar-refractivity contribution is -0.142. The average molecular weight is 317 g/mol. The second kappa shape index (κ2) is 7.04. The Morgan fingerprint density at radius 1 is 1.29 bits per heavy atom. The Balaban J connectivity index is 2.80. The van der Waals surface area contributed by atoms with E-state index in [4.69, 9.17) is 9.84 Å². The highest BCUT2D eigenvalue weighted by Gasteiger charge is 2.22. The third-order valence-electron chi connectivity index (χ3n) is 2.38. The molecule has 21 heavy (non-hydrogen) atoms. The molecule has 0 saturated heterocycles. The first-order chi connectivity index (χ1) is 9.76. The summed E-state index contributed by atoms with van der Waals surface area (Å²) in [5.74, 6) is -1.63. The lowest BCUT2D eigenvalue weighted by atomic mass is 10.3. The second-order valence-electron chi connectivity index (χ2n) is 4.02. The molecule has 0 aliphatic carbocycles. The van der Waals surface area contributed by atoms with E-state index in [1.165, 1.54) is 31.2 Å². The van der Waals surface area contributed by atoms with E-state index >= 15 is 0 Å². The van der Waals surface area contributed by atoms with Gasteiger partial charge in [0, 0.05) is 0 Å². The van der Waals surface area contributed by atoms with E-state index in [2.05, 4.69) is 9.46 Å². The standard InChI is InChI=1S/C12H15NO7S/c1-8(12(16)19-2)13-21(17,18)10-5-3-9(4-6-10)20-7-11(14)15/h3-6,8,13H,7H2,1-2H3,(H,14,15)/t8-/m0/s1. The molecule has 9 heteroatoms. The Hall–Kier alpha value is -2.13. The first kappa shape index (κ1) is 16.9. The van der Waals surface area contributed by atoms with Gasteiger partial charge in [-0.15, -0.1) is 0 Å². The first-order valence-corrected chi connectivity index (χ1v) is 7.29. The lowest BCUT2D eigenvalue weighted by Gasteiger charge is -2.12. The number of hydrogen-bond donors (Lipinski definition) is 2. The maximum absolute atomic E-state index is 12.0. The van der Waals surface area contributed by atoms with Gasteiger partial charge < -0.3 is 14.6 Å². The minimum absolute atomic E-state index is 0.0825. The molecule has 0 unspecified atom stereocenters.